The summed E-state index contributed by atoms with van der Waals surface area (Å²) in [6.07, 6.45) is 9.37. The third-order valence-corrected chi connectivity index (χ3v) is 8.99. The van der Waals surface area contributed by atoms with Crippen LogP contribution >= 0.6 is 22.9 Å². The summed E-state index contributed by atoms with van der Waals surface area (Å²) < 4.78 is 13.4. The maximum absolute atomic E-state index is 10.9. The Bertz CT molecular complexity index is 1400. The van der Waals surface area contributed by atoms with Gasteiger partial charge in [0, 0.05) is 44.8 Å². The van der Waals surface area contributed by atoms with Crippen LogP contribution in [0.1, 0.15) is 65.7 Å². The standard InChI is InChI=1S/C26H23ClN2O3S/c27-15-10-14-11-21(24-17-4-1-2-5-19(17)29-32-24)31-23(14)18(12-15)16-6-9-28-20-13-22(33-25(16)20)26(30)7-3-8-26/h6,9-10,12-13,21,30H,1-5,7-8,11H2/t21-/m1/s1. The molecule has 0 saturated heterocycles. The van der Waals surface area contributed by atoms with Crippen molar-refractivity contribution in [3.8, 4) is 16.9 Å². The number of nitrogens with zero attached hydrogens (tertiary/aromatic N) is 2. The second-order valence-electron chi connectivity index (χ2n) is 9.50. The molecule has 2 aliphatic carbocycles. The SMILES string of the molecule is OC1(c2cc3nccc(-c4cc(Cl)cc5c4O[C@@H](c4onc6c4CCCC6)C5)c3s2)CCC1. The fraction of sp³-hybridized carbons (Fsp3) is 0.385. The molecule has 0 amide bonds. The van der Waals surface area contributed by atoms with Crippen LogP contribution in [-0.4, -0.2) is 15.2 Å². The highest BCUT2D eigenvalue weighted by Gasteiger charge is 2.38. The van der Waals surface area contributed by atoms with Crippen LogP contribution < -0.4 is 4.74 Å². The zero-order valence-electron chi connectivity index (χ0n) is 18.1. The first-order valence-corrected chi connectivity index (χ1v) is 12.9. The van der Waals surface area contributed by atoms with Crippen LogP contribution in [0.3, 0.4) is 0 Å². The van der Waals surface area contributed by atoms with E-state index in [2.05, 4.69) is 10.1 Å². The van der Waals surface area contributed by atoms with E-state index in [-0.39, 0.29) is 6.10 Å². The van der Waals surface area contributed by atoms with E-state index in [4.69, 9.17) is 20.9 Å². The van der Waals surface area contributed by atoms with E-state index >= 15 is 0 Å². The lowest BCUT2D eigenvalue weighted by atomic mass is 9.79. The molecule has 168 valence electrons. The van der Waals surface area contributed by atoms with E-state index in [1.807, 2.05) is 30.5 Å². The maximum atomic E-state index is 10.9. The van der Waals surface area contributed by atoms with Crippen molar-refractivity contribution in [2.45, 2.75) is 63.1 Å². The Morgan fingerprint density at radius 2 is 1.97 bits per heavy atom. The molecule has 3 aromatic heterocycles. The first-order chi connectivity index (χ1) is 16.1. The van der Waals surface area contributed by atoms with Gasteiger partial charge in [-0.05, 0) is 69.2 Å². The predicted octanol–water partition coefficient (Wildman–Crippen LogP) is 6.53. The van der Waals surface area contributed by atoms with Gasteiger partial charge in [-0.15, -0.1) is 11.3 Å². The number of aromatic nitrogens is 2. The van der Waals surface area contributed by atoms with Gasteiger partial charge in [0.15, 0.2) is 11.9 Å². The number of fused-ring (bicyclic) bond motifs is 3. The molecule has 1 aliphatic heterocycles. The second kappa shape index (κ2) is 7.29. The minimum Gasteiger partial charge on any atom is -0.481 e. The number of hydrogen-bond donors (Lipinski definition) is 1. The van der Waals surface area contributed by atoms with Crippen molar-refractivity contribution < 1.29 is 14.4 Å². The van der Waals surface area contributed by atoms with E-state index in [1.54, 1.807) is 11.3 Å². The van der Waals surface area contributed by atoms with Crippen molar-refractivity contribution in [1.29, 1.82) is 0 Å². The zero-order valence-corrected chi connectivity index (χ0v) is 19.6. The summed E-state index contributed by atoms with van der Waals surface area (Å²) in [5.74, 6) is 1.73. The minimum absolute atomic E-state index is 0.182. The van der Waals surface area contributed by atoms with Crippen molar-refractivity contribution in [3.05, 3.63) is 62.9 Å². The van der Waals surface area contributed by atoms with Crippen LogP contribution in [0.25, 0.3) is 21.3 Å². The molecule has 7 heteroatoms. The number of ether oxygens (including phenoxy) is 1. The van der Waals surface area contributed by atoms with Gasteiger partial charge in [-0.2, -0.15) is 0 Å². The molecule has 1 N–H and O–H groups in total. The van der Waals surface area contributed by atoms with Crippen molar-refractivity contribution in [2.75, 3.05) is 0 Å². The number of benzene rings is 1. The first kappa shape index (κ1) is 20.0. The van der Waals surface area contributed by atoms with Gasteiger partial charge in [-0.25, -0.2) is 0 Å². The molecule has 7 rings (SSSR count). The van der Waals surface area contributed by atoms with Crippen molar-refractivity contribution in [2.24, 2.45) is 0 Å². The number of hydrogen-bond acceptors (Lipinski definition) is 6. The van der Waals surface area contributed by atoms with Crippen LogP contribution in [0, 0.1) is 0 Å². The Hall–Kier alpha value is -2.41. The normalized spacial score (nSPS) is 20.8. The Morgan fingerprint density at radius 1 is 1.09 bits per heavy atom. The summed E-state index contributed by atoms with van der Waals surface area (Å²) in [6, 6.07) is 8.04. The first-order valence-electron chi connectivity index (χ1n) is 11.7. The lowest BCUT2D eigenvalue weighted by Crippen LogP contribution is -2.32. The van der Waals surface area contributed by atoms with E-state index < -0.39 is 5.60 Å². The molecular weight excluding hydrogens is 456 g/mol. The van der Waals surface area contributed by atoms with Crippen LogP contribution in [-0.2, 0) is 24.9 Å². The van der Waals surface area contributed by atoms with Gasteiger partial charge in [-0.1, -0.05) is 16.8 Å². The summed E-state index contributed by atoms with van der Waals surface area (Å²) in [5, 5.41) is 15.9. The molecule has 1 fully saturated rings. The van der Waals surface area contributed by atoms with Gasteiger partial charge in [0.2, 0.25) is 0 Å². The Labute approximate surface area is 200 Å². The lowest BCUT2D eigenvalue weighted by Gasteiger charge is -2.35. The molecule has 1 saturated carbocycles. The topological polar surface area (TPSA) is 68.4 Å². The monoisotopic (exact) mass is 478 g/mol. The smallest absolute Gasteiger partial charge is 0.181 e. The molecule has 33 heavy (non-hydrogen) atoms. The second-order valence-corrected chi connectivity index (χ2v) is 11.0. The highest BCUT2D eigenvalue weighted by atomic mass is 35.5. The summed E-state index contributed by atoms with van der Waals surface area (Å²) in [4.78, 5) is 5.58. The predicted molar refractivity (Wildman–Crippen MR) is 128 cm³/mol. The summed E-state index contributed by atoms with van der Waals surface area (Å²) in [5.41, 5.74) is 5.61. The molecule has 1 aromatic carbocycles. The lowest BCUT2D eigenvalue weighted by molar-refractivity contribution is -0.0353. The van der Waals surface area contributed by atoms with E-state index in [9.17, 15) is 5.11 Å². The Balaban J connectivity index is 1.32. The molecule has 0 radical (unpaired) electrons. The fourth-order valence-corrected chi connectivity index (χ4v) is 7.01. The van der Waals surface area contributed by atoms with Gasteiger partial charge in [0.25, 0.3) is 0 Å². The van der Waals surface area contributed by atoms with Crippen LogP contribution in [0.2, 0.25) is 5.02 Å². The molecule has 3 aliphatic rings. The van der Waals surface area contributed by atoms with E-state index in [0.717, 1.165) is 81.1 Å². The molecular formula is C26H23ClN2O3S. The van der Waals surface area contributed by atoms with Gasteiger partial charge in [0.05, 0.1) is 21.5 Å². The van der Waals surface area contributed by atoms with Crippen LogP contribution in [0.4, 0.5) is 0 Å². The maximum Gasteiger partial charge on any atom is 0.181 e. The Morgan fingerprint density at radius 3 is 2.82 bits per heavy atom. The number of aryl methyl sites for hydroxylation is 1. The number of aliphatic hydroxyl groups is 1. The highest BCUT2D eigenvalue weighted by Crippen LogP contribution is 2.50. The Kier molecular flexibility index (Phi) is 4.42. The fourth-order valence-electron chi connectivity index (χ4n) is 5.48. The van der Waals surface area contributed by atoms with Gasteiger partial charge >= 0.3 is 0 Å². The quantitative estimate of drug-likeness (QED) is 0.362. The van der Waals surface area contributed by atoms with Crippen LogP contribution in [0.5, 0.6) is 5.75 Å². The summed E-state index contributed by atoms with van der Waals surface area (Å²) >= 11 is 8.21. The van der Waals surface area contributed by atoms with Crippen molar-refractivity contribution in [3.63, 3.8) is 0 Å². The van der Waals surface area contributed by atoms with Crippen molar-refractivity contribution >= 4 is 33.2 Å². The third kappa shape index (κ3) is 3.07. The third-order valence-electron chi connectivity index (χ3n) is 7.42. The largest absolute Gasteiger partial charge is 0.481 e. The van der Waals surface area contributed by atoms with Gasteiger partial charge < -0.3 is 14.4 Å². The minimum atomic E-state index is -0.702. The molecule has 4 heterocycles. The molecule has 5 nitrogen and oxygen atoms in total. The molecule has 1 atom stereocenters. The highest BCUT2D eigenvalue weighted by molar-refractivity contribution is 7.19. The molecule has 0 unspecified atom stereocenters. The van der Waals surface area contributed by atoms with E-state index in [0.29, 0.717) is 11.4 Å². The molecule has 0 spiro atoms. The summed E-state index contributed by atoms with van der Waals surface area (Å²) in [7, 11) is 0. The van der Waals surface area contributed by atoms with E-state index in [1.165, 1.54) is 18.4 Å². The number of thiophene rings is 1. The average molecular weight is 479 g/mol. The molecule has 0 bridgehead atoms. The summed E-state index contributed by atoms with van der Waals surface area (Å²) in [6.45, 7) is 0. The molecule has 4 aromatic rings. The number of rotatable bonds is 3. The average Bonchev–Trinajstić information content (AvgIpc) is 3.52. The van der Waals surface area contributed by atoms with Gasteiger partial charge in [0.1, 0.15) is 5.75 Å². The number of pyridine rings is 1. The van der Waals surface area contributed by atoms with Crippen molar-refractivity contribution in [1.82, 2.24) is 10.1 Å². The van der Waals surface area contributed by atoms with Gasteiger partial charge in [-0.3, -0.25) is 4.98 Å². The zero-order chi connectivity index (χ0) is 22.2. The number of halogens is 1. The van der Waals surface area contributed by atoms with Crippen LogP contribution in [0.15, 0.2) is 35.0 Å².